The number of nitrogens with zero attached hydrogens (tertiary/aromatic N) is 1. The molecule has 3 aromatic carbocycles. The molecule has 1 unspecified atom stereocenters. The standard InChI is InChI=1S/C26H28N2O2S/c1-20-13-15-22(16-14-20)18-28(25(29)19-31-23-11-7-4-8-12-23)24(26(30)27-2)17-21-9-5-3-6-10-21/h3-16,24H,17-19H2,1-2H3,(H,27,30). The first-order valence-corrected chi connectivity index (χ1v) is 11.3. The average molecular weight is 433 g/mol. The van der Waals surface area contributed by atoms with Crippen LogP contribution >= 0.6 is 11.8 Å². The molecule has 0 saturated carbocycles. The smallest absolute Gasteiger partial charge is 0.242 e. The molecule has 0 radical (unpaired) electrons. The zero-order valence-corrected chi connectivity index (χ0v) is 18.8. The van der Waals surface area contributed by atoms with Gasteiger partial charge in [-0.25, -0.2) is 0 Å². The topological polar surface area (TPSA) is 49.4 Å². The summed E-state index contributed by atoms with van der Waals surface area (Å²) in [5, 5.41) is 2.75. The average Bonchev–Trinajstić information content (AvgIpc) is 2.81. The number of benzene rings is 3. The molecule has 3 rings (SSSR count). The molecule has 4 nitrogen and oxygen atoms in total. The Morgan fingerprint density at radius 1 is 0.871 bits per heavy atom. The van der Waals surface area contributed by atoms with Crippen LogP contribution in [0.2, 0.25) is 0 Å². The van der Waals surface area contributed by atoms with Gasteiger partial charge in [0.2, 0.25) is 11.8 Å². The predicted molar refractivity (Wildman–Crippen MR) is 127 cm³/mol. The highest BCUT2D eigenvalue weighted by Gasteiger charge is 2.29. The van der Waals surface area contributed by atoms with Gasteiger partial charge < -0.3 is 10.2 Å². The molecule has 31 heavy (non-hydrogen) atoms. The number of likely N-dealkylation sites (N-methyl/N-ethyl adjacent to an activating group) is 1. The summed E-state index contributed by atoms with van der Waals surface area (Å²) >= 11 is 1.49. The quantitative estimate of drug-likeness (QED) is 0.508. The lowest BCUT2D eigenvalue weighted by Gasteiger charge is -2.31. The van der Waals surface area contributed by atoms with Crippen molar-refractivity contribution in [3.63, 3.8) is 0 Å². The van der Waals surface area contributed by atoms with Gasteiger partial charge in [-0.2, -0.15) is 0 Å². The van der Waals surface area contributed by atoms with Crippen LogP contribution in [0.4, 0.5) is 0 Å². The zero-order valence-electron chi connectivity index (χ0n) is 18.0. The van der Waals surface area contributed by atoms with Crippen LogP contribution in [-0.2, 0) is 22.6 Å². The fourth-order valence-corrected chi connectivity index (χ4v) is 4.16. The van der Waals surface area contributed by atoms with Crippen molar-refractivity contribution in [3.05, 3.63) is 102 Å². The molecule has 160 valence electrons. The minimum Gasteiger partial charge on any atom is -0.357 e. The Bertz CT molecular complexity index is 975. The van der Waals surface area contributed by atoms with Gasteiger partial charge >= 0.3 is 0 Å². The number of aryl methyl sites for hydroxylation is 1. The summed E-state index contributed by atoms with van der Waals surface area (Å²) < 4.78 is 0. The van der Waals surface area contributed by atoms with Crippen LogP contribution in [0.5, 0.6) is 0 Å². The zero-order chi connectivity index (χ0) is 22.1. The highest BCUT2D eigenvalue weighted by atomic mass is 32.2. The Morgan fingerprint density at radius 2 is 1.48 bits per heavy atom. The first-order valence-electron chi connectivity index (χ1n) is 10.3. The first kappa shape index (κ1) is 22.6. The molecule has 0 spiro atoms. The van der Waals surface area contributed by atoms with Gasteiger partial charge in [0.15, 0.2) is 0 Å². The van der Waals surface area contributed by atoms with Gasteiger partial charge in [-0.3, -0.25) is 9.59 Å². The highest BCUT2D eigenvalue weighted by Crippen LogP contribution is 2.21. The van der Waals surface area contributed by atoms with Gasteiger partial charge in [0.1, 0.15) is 6.04 Å². The minimum absolute atomic E-state index is 0.0565. The molecule has 3 aromatic rings. The monoisotopic (exact) mass is 432 g/mol. The lowest BCUT2D eigenvalue weighted by molar-refractivity contribution is -0.139. The molecule has 0 aromatic heterocycles. The van der Waals surface area contributed by atoms with E-state index in [9.17, 15) is 9.59 Å². The Morgan fingerprint density at radius 3 is 2.10 bits per heavy atom. The number of hydrogen-bond donors (Lipinski definition) is 1. The Kier molecular flexibility index (Phi) is 8.30. The van der Waals surface area contributed by atoms with E-state index in [2.05, 4.69) is 5.32 Å². The van der Waals surface area contributed by atoms with Gasteiger partial charge in [-0.15, -0.1) is 11.8 Å². The van der Waals surface area contributed by atoms with E-state index in [1.54, 1.807) is 11.9 Å². The molecule has 1 N–H and O–H groups in total. The second-order valence-corrected chi connectivity index (χ2v) is 8.48. The van der Waals surface area contributed by atoms with E-state index in [0.717, 1.165) is 21.6 Å². The van der Waals surface area contributed by atoms with Crippen LogP contribution in [0.3, 0.4) is 0 Å². The maximum absolute atomic E-state index is 13.4. The van der Waals surface area contributed by atoms with Crippen molar-refractivity contribution >= 4 is 23.6 Å². The minimum atomic E-state index is -0.586. The maximum Gasteiger partial charge on any atom is 0.242 e. The SMILES string of the molecule is CNC(=O)C(Cc1ccccc1)N(Cc1ccc(C)cc1)C(=O)CSc1ccccc1. The van der Waals surface area contributed by atoms with Crippen LogP contribution in [0.25, 0.3) is 0 Å². The normalized spacial score (nSPS) is 11.5. The molecule has 0 fully saturated rings. The summed E-state index contributed by atoms with van der Waals surface area (Å²) in [6, 6.07) is 27.2. The van der Waals surface area contributed by atoms with E-state index < -0.39 is 6.04 Å². The summed E-state index contributed by atoms with van der Waals surface area (Å²) in [6.45, 7) is 2.42. The summed E-state index contributed by atoms with van der Waals surface area (Å²) in [6.07, 6.45) is 0.466. The Balaban J connectivity index is 1.86. The van der Waals surface area contributed by atoms with Gasteiger partial charge in [0, 0.05) is 24.9 Å². The summed E-state index contributed by atoms with van der Waals surface area (Å²) in [4.78, 5) is 29.0. The van der Waals surface area contributed by atoms with Crippen molar-refractivity contribution in [1.82, 2.24) is 10.2 Å². The van der Waals surface area contributed by atoms with Gasteiger partial charge in [0.25, 0.3) is 0 Å². The fraction of sp³-hybridized carbons (Fsp3) is 0.231. The largest absolute Gasteiger partial charge is 0.357 e. The van der Waals surface area contributed by atoms with Crippen LogP contribution in [0.15, 0.2) is 89.8 Å². The number of carbonyl (C=O) groups excluding carboxylic acids is 2. The summed E-state index contributed by atoms with van der Waals surface area (Å²) in [7, 11) is 1.62. The van der Waals surface area contributed by atoms with Crippen LogP contribution < -0.4 is 5.32 Å². The number of rotatable bonds is 9. The number of amides is 2. The molecule has 0 aliphatic rings. The fourth-order valence-electron chi connectivity index (χ4n) is 3.36. The van der Waals surface area contributed by atoms with Crippen molar-refractivity contribution < 1.29 is 9.59 Å². The van der Waals surface area contributed by atoms with Crippen molar-refractivity contribution in [2.75, 3.05) is 12.8 Å². The lowest BCUT2D eigenvalue weighted by Crippen LogP contribution is -2.50. The number of hydrogen-bond acceptors (Lipinski definition) is 3. The third-order valence-electron chi connectivity index (χ3n) is 5.10. The van der Waals surface area contributed by atoms with Gasteiger partial charge in [-0.05, 0) is 30.2 Å². The second kappa shape index (κ2) is 11.4. The van der Waals surface area contributed by atoms with E-state index in [1.165, 1.54) is 11.8 Å². The predicted octanol–water partition coefficient (Wildman–Crippen LogP) is 4.47. The molecular formula is C26H28N2O2S. The molecule has 0 aliphatic carbocycles. The molecule has 1 atom stereocenters. The molecule has 2 amide bonds. The first-order chi connectivity index (χ1) is 15.1. The molecule has 5 heteroatoms. The molecule has 0 aliphatic heterocycles. The van der Waals surface area contributed by atoms with Crippen molar-refractivity contribution in [2.24, 2.45) is 0 Å². The molecule has 0 bridgehead atoms. The lowest BCUT2D eigenvalue weighted by atomic mass is 10.0. The number of nitrogens with one attached hydrogen (secondary N) is 1. The van der Waals surface area contributed by atoms with Gasteiger partial charge in [0.05, 0.1) is 5.75 Å². The number of carbonyl (C=O) groups is 2. The maximum atomic E-state index is 13.4. The summed E-state index contributed by atoms with van der Waals surface area (Å²) in [5.74, 6) is 0.0611. The van der Waals surface area contributed by atoms with E-state index in [-0.39, 0.29) is 17.6 Å². The van der Waals surface area contributed by atoms with E-state index >= 15 is 0 Å². The van der Waals surface area contributed by atoms with Crippen LogP contribution in [0.1, 0.15) is 16.7 Å². The van der Waals surface area contributed by atoms with Crippen LogP contribution in [-0.4, -0.2) is 35.6 Å². The number of thioether (sulfide) groups is 1. The van der Waals surface area contributed by atoms with Crippen molar-refractivity contribution in [2.45, 2.75) is 30.8 Å². The second-order valence-electron chi connectivity index (χ2n) is 7.43. The third kappa shape index (κ3) is 6.72. The van der Waals surface area contributed by atoms with E-state index in [1.807, 2.05) is 91.9 Å². The van der Waals surface area contributed by atoms with Gasteiger partial charge in [-0.1, -0.05) is 78.4 Å². The van der Waals surface area contributed by atoms with Crippen molar-refractivity contribution in [1.29, 1.82) is 0 Å². The van der Waals surface area contributed by atoms with E-state index in [0.29, 0.717) is 13.0 Å². The third-order valence-corrected chi connectivity index (χ3v) is 6.09. The van der Waals surface area contributed by atoms with E-state index in [4.69, 9.17) is 0 Å². The molecule has 0 saturated heterocycles. The van der Waals surface area contributed by atoms with Crippen LogP contribution in [0, 0.1) is 6.92 Å². The van der Waals surface area contributed by atoms with Crippen molar-refractivity contribution in [3.8, 4) is 0 Å². The Labute approximate surface area is 188 Å². The highest BCUT2D eigenvalue weighted by molar-refractivity contribution is 8.00. The Hall–Kier alpha value is -3.05. The summed E-state index contributed by atoms with van der Waals surface area (Å²) in [5.41, 5.74) is 3.19. The molecule has 0 heterocycles. The molecular weight excluding hydrogens is 404 g/mol.